The van der Waals surface area contributed by atoms with Crippen LogP contribution >= 0.6 is 0 Å². The molecule has 1 saturated carbocycles. The third-order valence-electron chi connectivity index (χ3n) is 1.86. The Morgan fingerprint density at radius 2 is 2.25 bits per heavy atom. The Bertz CT molecular complexity index is 139. The van der Waals surface area contributed by atoms with Crippen LogP contribution < -0.4 is 10.9 Å². The van der Waals surface area contributed by atoms with Crippen LogP contribution in [0.4, 0.5) is 0 Å². The van der Waals surface area contributed by atoms with Crippen LogP contribution in [0.15, 0.2) is 0 Å². The Hall–Kier alpha value is -0.410. The van der Waals surface area contributed by atoms with Gasteiger partial charge in [-0.25, -0.2) is 10.9 Å². The highest BCUT2D eigenvalue weighted by Gasteiger charge is 2.51. The predicted molar refractivity (Wildman–Crippen MR) is 27.9 cm³/mol. The molecule has 0 aromatic carbocycles. The number of nitrogens with one attached hydrogen (secondary N) is 2. The topological polar surface area (TPSA) is 61.0 Å². The Morgan fingerprint density at radius 3 is 2.50 bits per heavy atom. The molecule has 1 saturated heterocycles. The third kappa shape index (κ3) is 0.381. The van der Waals surface area contributed by atoms with Crippen LogP contribution in [0.25, 0.3) is 0 Å². The van der Waals surface area contributed by atoms with Crippen molar-refractivity contribution < 1.29 is 4.79 Å². The van der Waals surface area contributed by atoms with Crippen LogP contribution in [0.2, 0.25) is 0 Å². The van der Waals surface area contributed by atoms with Crippen molar-refractivity contribution in [3.8, 4) is 0 Å². The van der Waals surface area contributed by atoms with Gasteiger partial charge in [-0.15, -0.1) is 0 Å². The smallest absolute Gasteiger partial charge is 0.169 e. The summed E-state index contributed by atoms with van der Waals surface area (Å²) in [6.45, 7) is 0. The summed E-state index contributed by atoms with van der Waals surface area (Å²) >= 11 is 0. The van der Waals surface area contributed by atoms with Gasteiger partial charge in [0, 0.05) is 6.42 Å². The Morgan fingerprint density at radius 1 is 1.50 bits per heavy atom. The lowest BCUT2D eigenvalue weighted by Crippen LogP contribution is -2.22. The standard InChI is InChI=1S/C5H8N2O/c8-4-2-1-3-5(4)6-7-5/h6-7H,1-3H2. The molecule has 0 radical (unpaired) electrons. The van der Waals surface area contributed by atoms with E-state index in [1.165, 1.54) is 0 Å². The molecule has 1 aliphatic carbocycles. The Labute approximate surface area is 47.4 Å². The third-order valence-corrected chi connectivity index (χ3v) is 1.86. The minimum absolute atomic E-state index is 0.236. The van der Waals surface area contributed by atoms with Gasteiger partial charge in [-0.2, -0.15) is 0 Å². The molecule has 2 N–H and O–H groups in total. The van der Waals surface area contributed by atoms with Crippen LogP contribution in [-0.4, -0.2) is 11.4 Å². The number of hydrazine groups is 1. The Balaban J connectivity index is 2.23. The van der Waals surface area contributed by atoms with Crippen LogP contribution in [0, 0.1) is 0 Å². The maximum Gasteiger partial charge on any atom is 0.169 e. The van der Waals surface area contributed by atoms with Crippen molar-refractivity contribution in [2.45, 2.75) is 24.9 Å². The zero-order valence-corrected chi connectivity index (χ0v) is 4.53. The minimum atomic E-state index is -0.236. The van der Waals surface area contributed by atoms with E-state index in [4.69, 9.17) is 0 Å². The number of Topliss-reactive ketones (excluding diaryl/α,β-unsaturated/α-hetero) is 1. The van der Waals surface area contributed by atoms with Crippen LogP contribution in [0.1, 0.15) is 19.3 Å². The normalized spacial score (nSPS) is 31.8. The first-order chi connectivity index (χ1) is 3.83. The fourth-order valence-electron chi connectivity index (χ4n) is 1.21. The lowest BCUT2D eigenvalue weighted by atomic mass is 10.2. The highest BCUT2D eigenvalue weighted by atomic mass is 16.1. The average molecular weight is 112 g/mol. The number of carbonyl (C=O) groups is 1. The molecule has 0 amide bonds. The number of ketones is 1. The summed E-state index contributed by atoms with van der Waals surface area (Å²) in [6.07, 6.45) is 2.77. The quantitative estimate of drug-likeness (QED) is 0.417. The van der Waals surface area contributed by atoms with Gasteiger partial charge in [0.1, 0.15) is 0 Å². The molecule has 2 aliphatic rings. The zero-order chi connectivity index (χ0) is 5.61. The fraction of sp³-hybridized carbons (Fsp3) is 0.800. The van der Waals surface area contributed by atoms with Gasteiger partial charge in [-0.3, -0.25) is 4.79 Å². The second kappa shape index (κ2) is 1.11. The molecule has 8 heavy (non-hydrogen) atoms. The van der Waals surface area contributed by atoms with Gasteiger partial charge in [0.15, 0.2) is 11.4 Å². The molecular weight excluding hydrogens is 104 g/mol. The van der Waals surface area contributed by atoms with Crippen molar-refractivity contribution in [3.63, 3.8) is 0 Å². The summed E-state index contributed by atoms with van der Waals surface area (Å²) in [4.78, 5) is 10.8. The second-order valence-electron chi connectivity index (χ2n) is 2.43. The van der Waals surface area contributed by atoms with Crippen LogP contribution in [0.5, 0.6) is 0 Å². The molecular formula is C5H8N2O. The number of rotatable bonds is 0. The average Bonchev–Trinajstić information content (AvgIpc) is 2.39. The molecule has 0 aromatic heterocycles. The molecule has 3 nitrogen and oxygen atoms in total. The van der Waals surface area contributed by atoms with Gasteiger partial charge >= 0.3 is 0 Å². The van der Waals surface area contributed by atoms with Crippen molar-refractivity contribution in [2.75, 3.05) is 0 Å². The van der Waals surface area contributed by atoms with Crippen molar-refractivity contribution >= 4 is 5.78 Å². The molecule has 3 heteroatoms. The maximum absolute atomic E-state index is 10.8. The molecule has 1 aliphatic heterocycles. The van der Waals surface area contributed by atoms with E-state index in [1.807, 2.05) is 0 Å². The predicted octanol–water partition coefficient (Wildman–Crippen LogP) is -0.457. The Kier molecular flexibility index (Phi) is 0.623. The molecule has 0 atom stereocenters. The molecule has 2 fully saturated rings. The lowest BCUT2D eigenvalue weighted by Gasteiger charge is -1.92. The maximum atomic E-state index is 10.8. The molecule has 2 rings (SSSR count). The summed E-state index contributed by atoms with van der Waals surface area (Å²) in [7, 11) is 0. The van der Waals surface area contributed by atoms with Gasteiger partial charge < -0.3 is 0 Å². The van der Waals surface area contributed by atoms with E-state index in [2.05, 4.69) is 10.9 Å². The van der Waals surface area contributed by atoms with E-state index >= 15 is 0 Å². The van der Waals surface area contributed by atoms with Gasteiger partial charge in [0.2, 0.25) is 0 Å². The number of hydrogen-bond donors (Lipinski definition) is 2. The minimum Gasteiger partial charge on any atom is -0.296 e. The highest BCUT2D eigenvalue weighted by Crippen LogP contribution is 2.28. The summed E-state index contributed by atoms with van der Waals surface area (Å²) in [6, 6.07) is 0. The van der Waals surface area contributed by atoms with E-state index in [-0.39, 0.29) is 5.66 Å². The van der Waals surface area contributed by atoms with E-state index < -0.39 is 0 Å². The molecule has 1 spiro atoms. The lowest BCUT2D eigenvalue weighted by molar-refractivity contribution is -0.119. The van der Waals surface area contributed by atoms with E-state index in [0.717, 1.165) is 19.3 Å². The van der Waals surface area contributed by atoms with Gasteiger partial charge in [0.25, 0.3) is 0 Å². The monoisotopic (exact) mass is 112 g/mol. The molecule has 0 bridgehead atoms. The molecule has 0 aromatic rings. The summed E-state index contributed by atoms with van der Waals surface area (Å²) < 4.78 is 0. The first kappa shape index (κ1) is 4.47. The van der Waals surface area contributed by atoms with Crippen LogP contribution in [0.3, 0.4) is 0 Å². The first-order valence-corrected chi connectivity index (χ1v) is 2.91. The second-order valence-corrected chi connectivity index (χ2v) is 2.43. The largest absolute Gasteiger partial charge is 0.296 e. The SMILES string of the molecule is O=C1CCCC12NN2. The summed E-state index contributed by atoms with van der Waals surface area (Å²) in [5.74, 6) is 0.331. The first-order valence-electron chi connectivity index (χ1n) is 2.91. The molecule has 1 heterocycles. The van der Waals surface area contributed by atoms with E-state index in [0.29, 0.717) is 5.78 Å². The van der Waals surface area contributed by atoms with Crippen molar-refractivity contribution in [3.05, 3.63) is 0 Å². The summed E-state index contributed by atoms with van der Waals surface area (Å²) in [5, 5.41) is 0. The number of carbonyl (C=O) groups excluding carboxylic acids is 1. The van der Waals surface area contributed by atoms with Crippen molar-refractivity contribution in [1.29, 1.82) is 0 Å². The molecule has 44 valence electrons. The fourth-order valence-corrected chi connectivity index (χ4v) is 1.21. The molecule has 0 unspecified atom stereocenters. The summed E-state index contributed by atoms with van der Waals surface area (Å²) in [5.41, 5.74) is 5.48. The van der Waals surface area contributed by atoms with Gasteiger partial charge in [0.05, 0.1) is 0 Å². The number of hydrogen-bond acceptors (Lipinski definition) is 3. The van der Waals surface area contributed by atoms with E-state index in [9.17, 15) is 4.79 Å². The van der Waals surface area contributed by atoms with Crippen molar-refractivity contribution in [2.24, 2.45) is 0 Å². The van der Waals surface area contributed by atoms with Gasteiger partial charge in [-0.05, 0) is 12.8 Å². The van der Waals surface area contributed by atoms with Gasteiger partial charge in [-0.1, -0.05) is 0 Å². The van der Waals surface area contributed by atoms with E-state index in [1.54, 1.807) is 0 Å². The zero-order valence-electron chi connectivity index (χ0n) is 4.53. The van der Waals surface area contributed by atoms with Crippen molar-refractivity contribution in [1.82, 2.24) is 10.9 Å². The van der Waals surface area contributed by atoms with Crippen LogP contribution in [-0.2, 0) is 4.79 Å². The highest BCUT2D eigenvalue weighted by molar-refractivity contribution is 5.92.